The number of fused-ring (bicyclic) bond motifs is 1. The van der Waals surface area contributed by atoms with Gasteiger partial charge >= 0.3 is 0 Å². The lowest BCUT2D eigenvalue weighted by Gasteiger charge is -1.95. The first-order chi connectivity index (χ1) is 6.22. The van der Waals surface area contributed by atoms with Gasteiger partial charge in [-0.1, -0.05) is 11.8 Å². The van der Waals surface area contributed by atoms with Crippen molar-refractivity contribution < 1.29 is 0 Å². The van der Waals surface area contributed by atoms with Gasteiger partial charge in [0.2, 0.25) is 0 Å². The highest BCUT2D eigenvalue weighted by molar-refractivity contribution is 7.98. The van der Waals surface area contributed by atoms with Gasteiger partial charge in [0, 0.05) is 7.05 Å². The molecule has 2 rings (SSSR count). The Balaban J connectivity index is 2.87. The van der Waals surface area contributed by atoms with Crippen molar-refractivity contribution in [3.05, 3.63) is 16.7 Å². The first kappa shape index (κ1) is 8.31. The molecular formula is C7H8N4OS. The fourth-order valence-corrected chi connectivity index (χ4v) is 1.51. The van der Waals surface area contributed by atoms with Crippen LogP contribution in [0, 0.1) is 0 Å². The summed E-state index contributed by atoms with van der Waals surface area (Å²) in [7, 11) is 1.77. The van der Waals surface area contributed by atoms with Crippen molar-refractivity contribution in [2.24, 2.45) is 7.05 Å². The third-order valence-electron chi connectivity index (χ3n) is 1.75. The number of aromatic nitrogens is 4. The van der Waals surface area contributed by atoms with Gasteiger partial charge in [-0.05, 0) is 6.26 Å². The summed E-state index contributed by atoms with van der Waals surface area (Å²) in [6, 6.07) is 0. The Labute approximate surface area is 78.2 Å². The molecule has 2 heterocycles. The number of hydrogen-bond donors (Lipinski definition) is 1. The average molecular weight is 196 g/mol. The minimum Gasteiger partial charge on any atom is -0.328 e. The van der Waals surface area contributed by atoms with E-state index < -0.39 is 0 Å². The van der Waals surface area contributed by atoms with Crippen molar-refractivity contribution >= 4 is 22.9 Å². The number of aromatic amines is 1. The van der Waals surface area contributed by atoms with Crippen LogP contribution in [0.1, 0.15) is 0 Å². The highest BCUT2D eigenvalue weighted by Gasteiger charge is 2.06. The molecule has 0 radical (unpaired) electrons. The second kappa shape index (κ2) is 2.88. The highest BCUT2D eigenvalue weighted by atomic mass is 32.2. The monoisotopic (exact) mass is 196 g/mol. The molecule has 6 heteroatoms. The maximum atomic E-state index is 11.5. The average Bonchev–Trinajstić information content (AvgIpc) is 2.48. The summed E-state index contributed by atoms with van der Waals surface area (Å²) >= 11 is 1.39. The van der Waals surface area contributed by atoms with Crippen LogP contribution in [0.3, 0.4) is 0 Å². The predicted molar refractivity (Wildman–Crippen MR) is 50.9 cm³/mol. The lowest BCUT2D eigenvalue weighted by atomic mass is 10.5. The number of H-pyrrole nitrogens is 1. The SMILES string of the molecule is CSc1nc2ncn(C)c2c(=O)[nH]1. The van der Waals surface area contributed by atoms with Gasteiger partial charge in [0.05, 0.1) is 6.33 Å². The largest absolute Gasteiger partial charge is 0.328 e. The molecule has 0 spiro atoms. The number of hydrogen-bond acceptors (Lipinski definition) is 4. The predicted octanol–water partition coefficient (Wildman–Crippen LogP) is 0.378. The topological polar surface area (TPSA) is 63.6 Å². The Hall–Kier alpha value is -1.30. The Bertz CT molecular complexity index is 501. The second-order valence-corrected chi connectivity index (χ2v) is 3.40. The maximum absolute atomic E-state index is 11.5. The zero-order chi connectivity index (χ0) is 9.42. The van der Waals surface area contributed by atoms with E-state index in [1.165, 1.54) is 11.8 Å². The summed E-state index contributed by atoms with van der Waals surface area (Å²) in [6.07, 6.45) is 3.43. The molecule has 0 unspecified atom stereocenters. The van der Waals surface area contributed by atoms with E-state index in [1.807, 2.05) is 6.26 Å². The van der Waals surface area contributed by atoms with E-state index >= 15 is 0 Å². The lowest BCUT2D eigenvalue weighted by Crippen LogP contribution is -2.11. The first-order valence-corrected chi connectivity index (χ1v) is 4.90. The second-order valence-electron chi connectivity index (χ2n) is 2.60. The minimum absolute atomic E-state index is 0.144. The van der Waals surface area contributed by atoms with Gasteiger partial charge in [-0.2, -0.15) is 0 Å². The third-order valence-corrected chi connectivity index (χ3v) is 2.33. The van der Waals surface area contributed by atoms with Crippen molar-refractivity contribution in [3.8, 4) is 0 Å². The number of imidazole rings is 1. The Morgan fingerprint density at radius 3 is 3.08 bits per heavy atom. The van der Waals surface area contributed by atoms with Crippen molar-refractivity contribution in [2.75, 3.05) is 6.26 Å². The van der Waals surface area contributed by atoms with Gasteiger partial charge < -0.3 is 4.57 Å². The molecule has 0 aliphatic rings. The van der Waals surface area contributed by atoms with Crippen LogP contribution in [-0.2, 0) is 7.05 Å². The van der Waals surface area contributed by atoms with Crippen LogP contribution in [0.25, 0.3) is 11.2 Å². The first-order valence-electron chi connectivity index (χ1n) is 3.67. The summed E-state index contributed by atoms with van der Waals surface area (Å²) in [4.78, 5) is 22.3. The zero-order valence-corrected chi connectivity index (χ0v) is 8.05. The smallest absolute Gasteiger partial charge is 0.277 e. The van der Waals surface area contributed by atoms with Crippen LogP contribution in [0.5, 0.6) is 0 Å². The number of thioether (sulfide) groups is 1. The van der Waals surface area contributed by atoms with E-state index in [-0.39, 0.29) is 5.56 Å². The standard InChI is InChI=1S/C7H8N4OS/c1-11-3-8-5-4(11)6(12)10-7(9-5)13-2/h3H,1-2H3,(H,9,10,12). The molecule has 2 aromatic rings. The normalized spacial score (nSPS) is 10.9. The van der Waals surface area contributed by atoms with Crippen molar-refractivity contribution in [3.63, 3.8) is 0 Å². The Kier molecular flexibility index (Phi) is 1.84. The van der Waals surface area contributed by atoms with Gasteiger partial charge in [0.1, 0.15) is 0 Å². The van der Waals surface area contributed by atoms with E-state index in [9.17, 15) is 4.79 Å². The number of nitrogens with zero attached hydrogens (tertiary/aromatic N) is 3. The van der Waals surface area contributed by atoms with E-state index in [1.54, 1.807) is 17.9 Å². The highest BCUT2D eigenvalue weighted by Crippen LogP contribution is 2.09. The maximum Gasteiger partial charge on any atom is 0.277 e. The van der Waals surface area contributed by atoms with Crippen molar-refractivity contribution in [1.29, 1.82) is 0 Å². The van der Waals surface area contributed by atoms with Crippen LogP contribution in [0.4, 0.5) is 0 Å². The molecular weight excluding hydrogens is 188 g/mol. The lowest BCUT2D eigenvalue weighted by molar-refractivity contribution is 0.920. The molecule has 13 heavy (non-hydrogen) atoms. The molecule has 5 nitrogen and oxygen atoms in total. The Morgan fingerprint density at radius 2 is 2.38 bits per heavy atom. The minimum atomic E-state index is -0.144. The quantitative estimate of drug-likeness (QED) is 0.529. The molecule has 1 N–H and O–H groups in total. The van der Waals surface area contributed by atoms with E-state index in [4.69, 9.17) is 0 Å². The fraction of sp³-hybridized carbons (Fsp3) is 0.286. The van der Waals surface area contributed by atoms with Crippen LogP contribution >= 0.6 is 11.8 Å². The zero-order valence-electron chi connectivity index (χ0n) is 7.24. The van der Waals surface area contributed by atoms with Crippen molar-refractivity contribution in [2.45, 2.75) is 5.16 Å². The molecule has 0 fully saturated rings. The molecule has 0 amide bonds. The molecule has 0 aromatic carbocycles. The van der Waals surface area contributed by atoms with Gasteiger partial charge in [-0.3, -0.25) is 9.78 Å². The molecule has 0 saturated heterocycles. The number of aryl methyl sites for hydroxylation is 1. The molecule has 0 aliphatic heterocycles. The summed E-state index contributed by atoms with van der Waals surface area (Å²) < 4.78 is 1.66. The number of nitrogens with one attached hydrogen (secondary N) is 1. The fourth-order valence-electron chi connectivity index (χ4n) is 1.14. The van der Waals surface area contributed by atoms with E-state index in [0.29, 0.717) is 16.3 Å². The van der Waals surface area contributed by atoms with Gasteiger partial charge in [0.15, 0.2) is 16.3 Å². The van der Waals surface area contributed by atoms with E-state index in [0.717, 1.165) is 0 Å². The molecule has 0 atom stereocenters. The molecule has 0 aliphatic carbocycles. The molecule has 0 saturated carbocycles. The third kappa shape index (κ3) is 1.23. The van der Waals surface area contributed by atoms with Crippen LogP contribution in [0.2, 0.25) is 0 Å². The van der Waals surface area contributed by atoms with Crippen molar-refractivity contribution in [1.82, 2.24) is 19.5 Å². The van der Waals surface area contributed by atoms with E-state index in [2.05, 4.69) is 15.0 Å². The van der Waals surface area contributed by atoms with Crippen LogP contribution in [-0.4, -0.2) is 25.8 Å². The van der Waals surface area contributed by atoms with Gasteiger partial charge in [-0.15, -0.1) is 0 Å². The van der Waals surface area contributed by atoms with Crippen LogP contribution < -0.4 is 5.56 Å². The summed E-state index contributed by atoms with van der Waals surface area (Å²) in [5.74, 6) is 0. The van der Waals surface area contributed by atoms with Crippen LogP contribution in [0.15, 0.2) is 16.3 Å². The molecule has 2 aromatic heterocycles. The summed E-state index contributed by atoms with van der Waals surface area (Å²) in [5.41, 5.74) is 0.864. The number of rotatable bonds is 1. The van der Waals surface area contributed by atoms with Gasteiger partial charge in [-0.25, -0.2) is 9.97 Å². The summed E-state index contributed by atoms with van der Waals surface area (Å²) in [6.45, 7) is 0. The Morgan fingerprint density at radius 1 is 1.62 bits per heavy atom. The molecule has 68 valence electrons. The van der Waals surface area contributed by atoms with Gasteiger partial charge in [0.25, 0.3) is 5.56 Å². The molecule has 0 bridgehead atoms. The summed E-state index contributed by atoms with van der Waals surface area (Å²) in [5, 5.41) is 0.594.